The van der Waals surface area contributed by atoms with E-state index in [4.69, 9.17) is 15.9 Å². The van der Waals surface area contributed by atoms with Crippen molar-refractivity contribution in [2.75, 3.05) is 13.7 Å². The van der Waals surface area contributed by atoms with Crippen LogP contribution in [0.4, 0.5) is 4.79 Å². The largest absolute Gasteiger partial charge is 0.493 e. The number of urea groups is 1. The maximum atomic E-state index is 12.1. The van der Waals surface area contributed by atoms with Crippen LogP contribution in [0.5, 0.6) is 11.5 Å². The van der Waals surface area contributed by atoms with Crippen LogP contribution in [0.2, 0.25) is 0 Å². The van der Waals surface area contributed by atoms with Gasteiger partial charge >= 0.3 is 6.03 Å². The molecule has 0 spiro atoms. The van der Waals surface area contributed by atoms with Gasteiger partial charge in [0.2, 0.25) is 0 Å². The fraction of sp³-hybridized carbons (Fsp3) is 0.318. The van der Waals surface area contributed by atoms with Crippen LogP contribution in [0.15, 0.2) is 48.5 Å². The molecule has 0 aliphatic carbocycles. The predicted octanol–water partition coefficient (Wildman–Crippen LogP) is 3.53. The molecule has 2 N–H and O–H groups in total. The lowest BCUT2D eigenvalue weighted by Crippen LogP contribution is -2.40. The maximum Gasteiger partial charge on any atom is 0.315 e. The number of terminal acetylenes is 1. The summed E-state index contributed by atoms with van der Waals surface area (Å²) in [6.07, 6.45) is 7.04. The van der Waals surface area contributed by atoms with Crippen LogP contribution in [-0.4, -0.2) is 25.8 Å². The zero-order valence-corrected chi connectivity index (χ0v) is 15.8. The number of methoxy groups -OCH3 is 1. The average molecular weight is 366 g/mol. The number of carbonyl (C=O) groups excluding carboxylic acids is 1. The first-order chi connectivity index (χ1) is 13.1. The standard InChI is InChI=1S/C22H26N2O3/c1-4-14-27-21-15-19(12-13-20(21)26-3)16-23-22(25)24-17(2)10-11-18-8-6-5-7-9-18/h1,5-9,12-13,15,17H,10-11,14,16H2,2-3H3,(H2,23,24,25). The Bertz CT molecular complexity index is 769. The molecule has 2 aromatic carbocycles. The SMILES string of the molecule is C#CCOc1cc(CNC(=O)NC(C)CCc2ccccc2)ccc1OC. The normalized spacial score (nSPS) is 11.1. The molecular formula is C22H26N2O3. The van der Waals surface area contributed by atoms with Gasteiger partial charge in [0.05, 0.1) is 7.11 Å². The number of aryl methyl sites for hydroxylation is 1. The number of ether oxygens (including phenoxy) is 2. The highest BCUT2D eigenvalue weighted by atomic mass is 16.5. The van der Waals surface area contributed by atoms with Crippen molar-refractivity contribution in [3.8, 4) is 23.8 Å². The van der Waals surface area contributed by atoms with Gasteiger partial charge in [-0.2, -0.15) is 0 Å². The van der Waals surface area contributed by atoms with Crippen molar-refractivity contribution in [2.24, 2.45) is 0 Å². The molecule has 0 radical (unpaired) electrons. The summed E-state index contributed by atoms with van der Waals surface area (Å²) in [5.41, 5.74) is 2.17. The Labute approximate surface area is 161 Å². The Morgan fingerprint density at radius 1 is 1.15 bits per heavy atom. The fourth-order valence-corrected chi connectivity index (χ4v) is 2.62. The summed E-state index contributed by atoms with van der Waals surface area (Å²) >= 11 is 0. The summed E-state index contributed by atoms with van der Waals surface area (Å²) in [6.45, 7) is 2.54. The second-order valence-electron chi connectivity index (χ2n) is 6.23. The van der Waals surface area contributed by atoms with E-state index in [0.717, 1.165) is 18.4 Å². The molecule has 1 atom stereocenters. The highest BCUT2D eigenvalue weighted by Crippen LogP contribution is 2.27. The van der Waals surface area contributed by atoms with Crippen LogP contribution in [0.1, 0.15) is 24.5 Å². The highest BCUT2D eigenvalue weighted by molar-refractivity contribution is 5.74. The summed E-state index contributed by atoms with van der Waals surface area (Å²) in [5, 5.41) is 5.82. The maximum absolute atomic E-state index is 12.1. The Morgan fingerprint density at radius 2 is 1.93 bits per heavy atom. The number of carbonyl (C=O) groups is 1. The molecule has 0 aliphatic heterocycles. The number of nitrogens with one attached hydrogen (secondary N) is 2. The summed E-state index contributed by atoms with van der Waals surface area (Å²) in [4.78, 5) is 12.1. The molecule has 0 heterocycles. The monoisotopic (exact) mass is 366 g/mol. The van der Waals surface area contributed by atoms with Gasteiger partial charge in [-0.15, -0.1) is 6.42 Å². The molecule has 5 heteroatoms. The lowest BCUT2D eigenvalue weighted by molar-refractivity contribution is 0.236. The van der Waals surface area contributed by atoms with Gasteiger partial charge < -0.3 is 20.1 Å². The van der Waals surface area contributed by atoms with E-state index in [1.54, 1.807) is 13.2 Å². The highest BCUT2D eigenvalue weighted by Gasteiger charge is 2.09. The number of amides is 2. The van der Waals surface area contributed by atoms with Crippen LogP contribution < -0.4 is 20.1 Å². The van der Waals surface area contributed by atoms with Crippen molar-refractivity contribution in [1.29, 1.82) is 0 Å². The van der Waals surface area contributed by atoms with Crippen LogP contribution in [0.3, 0.4) is 0 Å². The van der Waals surface area contributed by atoms with Crippen LogP contribution in [0.25, 0.3) is 0 Å². The molecule has 2 amide bonds. The zero-order chi connectivity index (χ0) is 19.5. The van der Waals surface area contributed by atoms with Gasteiger partial charge in [-0.25, -0.2) is 4.79 Å². The van der Waals surface area contributed by atoms with E-state index in [1.807, 2.05) is 37.3 Å². The van der Waals surface area contributed by atoms with Crippen molar-refractivity contribution >= 4 is 6.03 Å². The van der Waals surface area contributed by atoms with Gasteiger partial charge in [-0.3, -0.25) is 0 Å². The van der Waals surface area contributed by atoms with E-state index in [2.05, 4.69) is 28.7 Å². The van der Waals surface area contributed by atoms with E-state index in [-0.39, 0.29) is 18.7 Å². The van der Waals surface area contributed by atoms with Crippen molar-refractivity contribution in [3.63, 3.8) is 0 Å². The van der Waals surface area contributed by atoms with Gasteiger partial charge in [-0.05, 0) is 43.0 Å². The first-order valence-corrected chi connectivity index (χ1v) is 8.94. The minimum absolute atomic E-state index is 0.0793. The quantitative estimate of drug-likeness (QED) is 0.668. The number of hydrogen-bond acceptors (Lipinski definition) is 3. The first kappa shape index (κ1) is 20.2. The van der Waals surface area contributed by atoms with Gasteiger partial charge in [0.25, 0.3) is 0 Å². The summed E-state index contributed by atoms with van der Waals surface area (Å²) in [5.74, 6) is 3.59. The average Bonchev–Trinajstić information content (AvgIpc) is 2.70. The molecule has 0 fully saturated rings. The lowest BCUT2D eigenvalue weighted by atomic mass is 10.1. The molecule has 142 valence electrons. The third-order valence-corrected chi connectivity index (χ3v) is 4.08. The van der Waals surface area contributed by atoms with Crippen molar-refractivity contribution in [3.05, 3.63) is 59.7 Å². The molecule has 2 aromatic rings. The van der Waals surface area contributed by atoms with E-state index in [1.165, 1.54) is 5.56 Å². The second kappa shape index (κ2) is 10.8. The molecule has 0 aliphatic rings. The summed E-state index contributed by atoms with van der Waals surface area (Å²) in [6, 6.07) is 15.6. The lowest BCUT2D eigenvalue weighted by Gasteiger charge is -2.15. The number of rotatable bonds is 9. The second-order valence-corrected chi connectivity index (χ2v) is 6.23. The third kappa shape index (κ3) is 6.95. The van der Waals surface area contributed by atoms with Crippen LogP contribution in [-0.2, 0) is 13.0 Å². The molecular weight excluding hydrogens is 340 g/mol. The Kier molecular flexibility index (Phi) is 8.05. The molecule has 2 rings (SSSR count). The summed E-state index contributed by atoms with van der Waals surface area (Å²) < 4.78 is 10.7. The van der Waals surface area contributed by atoms with Crippen molar-refractivity contribution < 1.29 is 14.3 Å². The van der Waals surface area contributed by atoms with E-state index in [9.17, 15) is 4.79 Å². The molecule has 0 bridgehead atoms. The minimum Gasteiger partial charge on any atom is -0.493 e. The Morgan fingerprint density at radius 3 is 2.63 bits per heavy atom. The third-order valence-electron chi connectivity index (χ3n) is 4.08. The fourth-order valence-electron chi connectivity index (χ4n) is 2.62. The number of benzene rings is 2. The van der Waals surface area contributed by atoms with Gasteiger partial charge in [0.15, 0.2) is 11.5 Å². The number of hydrogen-bond donors (Lipinski definition) is 2. The van der Waals surface area contributed by atoms with Crippen molar-refractivity contribution in [2.45, 2.75) is 32.4 Å². The minimum atomic E-state index is -0.197. The van der Waals surface area contributed by atoms with Crippen LogP contribution >= 0.6 is 0 Å². The molecule has 0 saturated heterocycles. The zero-order valence-electron chi connectivity index (χ0n) is 15.8. The van der Waals surface area contributed by atoms with E-state index < -0.39 is 0 Å². The van der Waals surface area contributed by atoms with Gasteiger partial charge in [0, 0.05) is 12.6 Å². The predicted molar refractivity (Wildman–Crippen MR) is 107 cm³/mol. The smallest absolute Gasteiger partial charge is 0.315 e. The topological polar surface area (TPSA) is 59.6 Å². The van der Waals surface area contributed by atoms with Gasteiger partial charge in [-0.1, -0.05) is 42.3 Å². The summed E-state index contributed by atoms with van der Waals surface area (Å²) in [7, 11) is 1.57. The van der Waals surface area contributed by atoms with E-state index >= 15 is 0 Å². The van der Waals surface area contributed by atoms with E-state index in [0.29, 0.717) is 18.0 Å². The molecule has 1 unspecified atom stereocenters. The molecule has 27 heavy (non-hydrogen) atoms. The van der Waals surface area contributed by atoms with Gasteiger partial charge in [0.1, 0.15) is 6.61 Å². The Balaban J connectivity index is 1.79. The molecule has 0 aromatic heterocycles. The first-order valence-electron chi connectivity index (χ1n) is 8.94. The van der Waals surface area contributed by atoms with Crippen molar-refractivity contribution in [1.82, 2.24) is 10.6 Å². The molecule has 0 saturated carbocycles. The Hall–Kier alpha value is -3.13. The molecule has 5 nitrogen and oxygen atoms in total. The van der Waals surface area contributed by atoms with Crippen LogP contribution in [0, 0.1) is 12.3 Å².